The zero-order chi connectivity index (χ0) is 14.7. The number of benzene rings is 1. The smallest absolute Gasteiger partial charge is 0.244 e. The van der Waals surface area contributed by atoms with Gasteiger partial charge in [-0.1, -0.05) is 12.1 Å². The van der Waals surface area contributed by atoms with Gasteiger partial charge in [0.25, 0.3) is 0 Å². The first kappa shape index (κ1) is 13.7. The van der Waals surface area contributed by atoms with Crippen molar-refractivity contribution in [1.82, 2.24) is 14.7 Å². The maximum absolute atomic E-state index is 12.2. The van der Waals surface area contributed by atoms with Crippen LogP contribution < -0.4 is 0 Å². The molecule has 1 aliphatic rings. The van der Waals surface area contributed by atoms with Gasteiger partial charge in [0, 0.05) is 25.5 Å². The zero-order valence-electron chi connectivity index (χ0n) is 11.9. The molecule has 2 heterocycles. The summed E-state index contributed by atoms with van der Waals surface area (Å²) in [7, 11) is 0. The van der Waals surface area contributed by atoms with Crippen LogP contribution in [0, 0.1) is 0 Å². The van der Waals surface area contributed by atoms with Crippen molar-refractivity contribution >= 4 is 5.91 Å². The molecule has 1 aromatic heterocycles. The molecule has 1 N–H and O–H groups in total. The molecule has 0 atom stereocenters. The zero-order valence-corrected chi connectivity index (χ0v) is 11.9. The molecule has 1 saturated heterocycles. The van der Waals surface area contributed by atoms with Gasteiger partial charge in [-0.15, -0.1) is 0 Å². The predicted molar refractivity (Wildman–Crippen MR) is 78.9 cm³/mol. The number of likely N-dealkylation sites (tertiary alicyclic amines) is 1. The Morgan fingerprint density at radius 3 is 2.57 bits per heavy atom. The number of hydrogen-bond donors (Lipinski definition) is 1. The summed E-state index contributed by atoms with van der Waals surface area (Å²) in [6.45, 7) is 1.88. The van der Waals surface area contributed by atoms with Gasteiger partial charge in [0.15, 0.2) is 0 Å². The minimum Gasteiger partial charge on any atom is -0.508 e. The van der Waals surface area contributed by atoms with Gasteiger partial charge < -0.3 is 10.0 Å². The summed E-state index contributed by atoms with van der Waals surface area (Å²) in [6, 6.07) is 9.22. The summed E-state index contributed by atoms with van der Waals surface area (Å²) < 4.78 is 1.66. The molecule has 2 aromatic rings. The Morgan fingerprint density at radius 2 is 1.95 bits per heavy atom. The minimum atomic E-state index is 0.128. The Labute approximate surface area is 123 Å². The number of aromatic nitrogens is 2. The summed E-state index contributed by atoms with van der Waals surface area (Å²) in [5.41, 5.74) is 1.24. The average molecular weight is 285 g/mol. The molecular weight excluding hydrogens is 266 g/mol. The second-order valence-electron chi connectivity index (χ2n) is 5.45. The topological polar surface area (TPSA) is 58.4 Å². The molecule has 0 spiro atoms. The number of phenolic OH excluding ortho intramolecular Hbond substituents is 1. The van der Waals surface area contributed by atoms with E-state index in [1.54, 1.807) is 29.2 Å². The van der Waals surface area contributed by atoms with Gasteiger partial charge in [-0.2, -0.15) is 5.10 Å². The molecule has 0 bridgehead atoms. The molecule has 0 aliphatic carbocycles. The normalized spacial score (nSPS) is 16.1. The Bertz CT molecular complexity index is 584. The molecule has 110 valence electrons. The second-order valence-corrected chi connectivity index (χ2v) is 5.45. The number of aromatic hydroxyl groups is 1. The fourth-order valence-electron chi connectivity index (χ4n) is 2.84. The Morgan fingerprint density at radius 1 is 1.24 bits per heavy atom. The first-order valence-corrected chi connectivity index (χ1v) is 7.26. The van der Waals surface area contributed by atoms with Gasteiger partial charge in [0.2, 0.25) is 5.91 Å². The van der Waals surface area contributed by atoms with Crippen LogP contribution in [0.25, 0.3) is 0 Å². The minimum absolute atomic E-state index is 0.128. The Balaban J connectivity index is 1.55. The van der Waals surface area contributed by atoms with Crippen LogP contribution >= 0.6 is 0 Å². The van der Waals surface area contributed by atoms with E-state index in [4.69, 9.17) is 0 Å². The Kier molecular flexibility index (Phi) is 3.90. The lowest BCUT2D eigenvalue weighted by atomic mass is 9.89. The van der Waals surface area contributed by atoms with Gasteiger partial charge >= 0.3 is 0 Å². The van der Waals surface area contributed by atoms with Gasteiger partial charge in [0.1, 0.15) is 12.3 Å². The lowest BCUT2D eigenvalue weighted by Gasteiger charge is -2.32. The highest BCUT2D eigenvalue weighted by Gasteiger charge is 2.23. The van der Waals surface area contributed by atoms with Crippen LogP contribution in [0.1, 0.15) is 24.3 Å². The van der Waals surface area contributed by atoms with Gasteiger partial charge in [-0.3, -0.25) is 9.48 Å². The first-order chi connectivity index (χ1) is 10.2. The molecule has 1 aliphatic heterocycles. The third-order valence-corrected chi connectivity index (χ3v) is 4.07. The van der Waals surface area contributed by atoms with Crippen molar-refractivity contribution in [2.75, 3.05) is 13.1 Å². The molecule has 21 heavy (non-hydrogen) atoms. The number of piperidine rings is 1. The fraction of sp³-hybridized carbons (Fsp3) is 0.375. The summed E-state index contributed by atoms with van der Waals surface area (Å²) in [6.07, 6.45) is 5.43. The maximum atomic E-state index is 12.2. The molecule has 0 saturated carbocycles. The van der Waals surface area contributed by atoms with Crippen LogP contribution in [0.15, 0.2) is 42.7 Å². The third-order valence-electron chi connectivity index (χ3n) is 4.07. The van der Waals surface area contributed by atoms with Crippen LogP contribution in [0.3, 0.4) is 0 Å². The van der Waals surface area contributed by atoms with Crippen molar-refractivity contribution in [3.63, 3.8) is 0 Å². The third kappa shape index (κ3) is 3.24. The molecule has 5 heteroatoms. The number of nitrogens with zero attached hydrogens (tertiary/aromatic N) is 3. The van der Waals surface area contributed by atoms with E-state index in [2.05, 4.69) is 5.10 Å². The van der Waals surface area contributed by atoms with E-state index in [0.717, 1.165) is 25.9 Å². The van der Waals surface area contributed by atoms with E-state index in [0.29, 0.717) is 18.2 Å². The summed E-state index contributed by atoms with van der Waals surface area (Å²) in [5.74, 6) is 0.896. The van der Waals surface area contributed by atoms with Crippen molar-refractivity contribution in [3.05, 3.63) is 48.3 Å². The number of carbonyl (C=O) groups excluding carboxylic acids is 1. The molecule has 0 radical (unpaired) electrons. The number of rotatable bonds is 3. The summed E-state index contributed by atoms with van der Waals surface area (Å²) in [4.78, 5) is 14.1. The quantitative estimate of drug-likeness (QED) is 0.938. The van der Waals surface area contributed by atoms with Crippen molar-refractivity contribution in [1.29, 1.82) is 0 Å². The van der Waals surface area contributed by atoms with E-state index in [1.165, 1.54) is 5.56 Å². The molecular formula is C16H19N3O2. The lowest BCUT2D eigenvalue weighted by Crippen LogP contribution is -2.39. The van der Waals surface area contributed by atoms with Crippen LogP contribution in [0.5, 0.6) is 5.75 Å². The fourth-order valence-corrected chi connectivity index (χ4v) is 2.84. The second kappa shape index (κ2) is 5.99. The van der Waals surface area contributed by atoms with E-state index in [-0.39, 0.29) is 5.91 Å². The van der Waals surface area contributed by atoms with E-state index in [1.807, 2.05) is 23.1 Å². The van der Waals surface area contributed by atoms with Crippen LogP contribution in [-0.4, -0.2) is 38.8 Å². The van der Waals surface area contributed by atoms with Crippen molar-refractivity contribution in [2.45, 2.75) is 25.3 Å². The van der Waals surface area contributed by atoms with E-state index < -0.39 is 0 Å². The average Bonchev–Trinajstić information content (AvgIpc) is 3.01. The lowest BCUT2D eigenvalue weighted by molar-refractivity contribution is -0.133. The molecule has 0 unspecified atom stereocenters. The SMILES string of the molecule is O=C(Cn1cccn1)N1CCC(c2ccc(O)cc2)CC1. The monoisotopic (exact) mass is 285 g/mol. The summed E-state index contributed by atoms with van der Waals surface area (Å²) >= 11 is 0. The largest absolute Gasteiger partial charge is 0.508 e. The predicted octanol–water partition coefficient (Wildman–Crippen LogP) is 1.99. The molecule has 3 rings (SSSR count). The maximum Gasteiger partial charge on any atom is 0.244 e. The molecule has 1 aromatic carbocycles. The van der Waals surface area contributed by atoms with Crippen molar-refractivity contribution in [3.8, 4) is 5.75 Å². The van der Waals surface area contributed by atoms with Gasteiger partial charge in [-0.05, 0) is 42.5 Å². The van der Waals surface area contributed by atoms with Crippen LogP contribution in [0.2, 0.25) is 0 Å². The Hall–Kier alpha value is -2.30. The van der Waals surface area contributed by atoms with Crippen molar-refractivity contribution in [2.24, 2.45) is 0 Å². The van der Waals surface area contributed by atoms with E-state index >= 15 is 0 Å². The highest BCUT2D eigenvalue weighted by Crippen LogP contribution is 2.29. The number of carbonyl (C=O) groups is 1. The first-order valence-electron chi connectivity index (χ1n) is 7.26. The number of phenols is 1. The highest BCUT2D eigenvalue weighted by molar-refractivity contribution is 5.76. The molecule has 1 amide bonds. The number of amides is 1. The standard InChI is InChI=1S/C16H19N3O2/c20-15-4-2-13(3-5-15)14-6-10-18(11-7-14)16(21)12-19-9-1-8-17-19/h1-5,8-9,14,20H,6-7,10-12H2. The summed E-state index contributed by atoms with van der Waals surface area (Å²) in [5, 5.41) is 13.4. The van der Waals surface area contributed by atoms with Gasteiger partial charge in [0.05, 0.1) is 0 Å². The van der Waals surface area contributed by atoms with Gasteiger partial charge in [-0.25, -0.2) is 0 Å². The van der Waals surface area contributed by atoms with E-state index in [9.17, 15) is 9.90 Å². The number of hydrogen-bond acceptors (Lipinski definition) is 3. The molecule has 5 nitrogen and oxygen atoms in total. The molecule has 1 fully saturated rings. The van der Waals surface area contributed by atoms with Crippen LogP contribution in [-0.2, 0) is 11.3 Å². The van der Waals surface area contributed by atoms with Crippen LogP contribution in [0.4, 0.5) is 0 Å². The highest BCUT2D eigenvalue weighted by atomic mass is 16.3. The van der Waals surface area contributed by atoms with Crippen molar-refractivity contribution < 1.29 is 9.90 Å².